The van der Waals surface area contributed by atoms with Gasteiger partial charge in [0.25, 0.3) is 0 Å². The second kappa shape index (κ2) is 5.54. The zero-order valence-electron chi connectivity index (χ0n) is 5.47. The summed E-state index contributed by atoms with van der Waals surface area (Å²) in [5.41, 5.74) is 5.05. The molecule has 0 aromatic heterocycles. The quantitative estimate of drug-likeness (QED) is 0.505. The maximum atomic E-state index is 10.5. The fourth-order valence-electron chi connectivity index (χ4n) is 1.11. The molecule has 1 aliphatic heterocycles. The molecule has 1 fully saturated rings. The Morgan fingerprint density at radius 3 is 2.00 bits per heavy atom. The van der Waals surface area contributed by atoms with Crippen LogP contribution < -0.4 is 5.73 Å². The van der Waals surface area contributed by atoms with E-state index in [1.54, 1.807) is 4.90 Å². The predicted molar refractivity (Wildman–Crippen MR) is 42.2 cm³/mol. The molecule has 0 atom stereocenters. The summed E-state index contributed by atoms with van der Waals surface area (Å²) in [5.74, 6) is 0. The van der Waals surface area contributed by atoms with Gasteiger partial charge in [-0.2, -0.15) is 0 Å². The molecule has 10 heavy (non-hydrogen) atoms. The van der Waals surface area contributed by atoms with Crippen molar-refractivity contribution in [1.29, 1.82) is 0 Å². The van der Waals surface area contributed by atoms with E-state index < -0.39 is 0 Å². The van der Waals surface area contributed by atoms with Gasteiger partial charge in [-0.3, -0.25) is 0 Å². The van der Waals surface area contributed by atoms with Gasteiger partial charge in [0.05, 0.1) is 0 Å². The Kier molecular flexibility index (Phi) is 6.05. The van der Waals surface area contributed by atoms with Gasteiger partial charge < -0.3 is 10.6 Å². The van der Waals surface area contributed by atoms with Crippen molar-refractivity contribution < 1.29 is 4.79 Å². The number of hydrogen-bond acceptors (Lipinski definition) is 1. The molecular weight excluding hydrogens is 155 g/mol. The number of carbonyl (C=O) groups is 1. The molecule has 0 unspecified atom stereocenters. The third-order valence-electron chi connectivity index (χ3n) is 1.67. The summed E-state index contributed by atoms with van der Waals surface area (Å²) in [4.78, 5) is 12.2. The Morgan fingerprint density at radius 2 is 1.70 bits per heavy atom. The van der Waals surface area contributed by atoms with Crippen molar-refractivity contribution in [1.82, 2.24) is 4.90 Å². The van der Waals surface area contributed by atoms with Crippen molar-refractivity contribution in [2.24, 2.45) is 5.73 Å². The SMILES string of the molecule is NC(=O)N1CCCCC1.[KH]. The van der Waals surface area contributed by atoms with Gasteiger partial charge in [0, 0.05) is 13.1 Å². The zero-order valence-corrected chi connectivity index (χ0v) is 5.47. The van der Waals surface area contributed by atoms with Crippen molar-refractivity contribution in [3.8, 4) is 0 Å². The molecule has 3 nitrogen and oxygen atoms in total. The first-order valence-electron chi connectivity index (χ1n) is 3.35. The minimum atomic E-state index is -0.269. The average molecular weight is 168 g/mol. The number of hydrogen-bond donors (Lipinski definition) is 1. The monoisotopic (exact) mass is 168 g/mol. The molecule has 1 heterocycles. The molecule has 0 aromatic rings. The third kappa shape index (κ3) is 3.34. The molecular formula is C6H13KN2O. The van der Waals surface area contributed by atoms with E-state index in [1.807, 2.05) is 0 Å². The Labute approximate surface area is 104 Å². The summed E-state index contributed by atoms with van der Waals surface area (Å²) in [5, 5.41) is 0. The second-order valence-corrected chi connectivity index (χ2v) is 2.39. The van der Waals surface area contributed by atoms with Crippen LogP contribution in [0, 0.1) is 0 Å². The Bertz CT molecular complexity index is 112. The first-order chi connectivity index (χ1) is 4.30. The third-order valence-corrected chi connectivity index (χ3v) is 1.67. The number of nitrogens with zero attached hydrogens (tertiary/aromatic N) is 1. The standard InChI is InChI=1S/C6H12N2O.K.H/c7-6(9)8-4-2-1-3-5-8;;/h1-5H2,(H2,7,9);;. The van der Waals surface area contributed by atoms with E-state index in [2.05, 4.69) is 0 Å². The Hall–Kier alpha value is 0.906. The van der Waals surface area contributed by atoms with Crippen molar-refractivity contribution in [3.05, 3.63) is 0 Å². The topological polar surface area (TPSA) is 46.3 Å². The molecule has 1 saturated heterocycles. The summed E-state index contributed by atoms with van der Waals surface area (Å²) >= 11 is 0. The van der Waals surface area contributed by atoms with Crippen LogP contribution in [0.2, 0.25) is 0 Å². The molecule has 2 amide bonds. The number of likely N-dealkylation sites (tertiary alicyclic amines) is 1. The molecule has 1 aliphatic rings. The number of nitrogens with two attached hydrogens (primary N) is 1. The summed E-state index contributed by atoms with van der Waals surface area (Å²) in [6.45, 7) is 1.71. The molecule has 1 rings (SSSR count). The second-order valence-electron chi connectivity index (χ2n) is 2.39. The van der Waals surface area contributed by atoms with Gasteiger partial charge in [0.2, 0.25) is 0 Å². The number of primary amides is 1. The van der Waals surface area contributed by atoms with Gasteiger partial charge in [-0.1, -0.05) is 0 Å². The van der Waals surface area contributed by atoms with Crippen molar-refractivity contribution in [2.45, 2.75) is 19.3 Å². The zero-order chi connectivity index (χ0) is 6.69. The van der Waals surface area contributed by atoms with E-state index in [1.165, 1.54) is 6.42 Å². The number of amides is 2. The molecule has 2 N–H and O–H groups in total. The van der Waals surface area contributed by atoms with E-state index in [9.17, 15) is 4.79 Å². The molecule has 0 spiro atoms. The summed E-state index contributed by atoms with van der Waals surface area (Å²) in [6.07, 6.45) is 3.47. The van der Waals surface area contributed by atoms with E-state index in [0.29, 0.717) is 0 Å². The number of piperidine rings is 1. The van der Waals surface area contributed by atoms with E-state index in [0.717, 1.165) is 25.9 Å². The molecule has 0 radical (unpaired) electrons. The van der Waals surface area contributed by atoms with Gasteiger partial charge in [0.15, 0.2) is 0 Å². The average Bonchev–Trinajstić information content (AvgIpc) is 1.90. The van der Waals surface area contributed by atoms with Crippen molar-refractivity contribution in [2.75, 3.05) is 13.1 Å². The van der Waals surface area contributed by atoms with E-state index in [4.69, 9.17) is 5.73 Å². The fourth-order valence-corrected chi connectivity index (χ4v) is 1.11. The Morgan fingerprint density at radius 1 is 1.20 bits per heavy atom. The van der Waals surface area contributed by atoms with Crippen LogP contribution in [-0.2, 0) is 0 Å². The normalized spacial score (nSPS) is 17.8. The van der Waals surface area contributed by atoms with Gasteiger partial charge in [-0.05, 0) is 19.3 Å². The van der Waals surface area contributed by atoms with Crippen LogP contribution in [0.3, 0.4) is 0 Å². The fraction of sp³-hybridized carbons (Fsp3) is 0.833. The van der Waals surface area contributed by atoms with Crippen LogP contribution in [0.15, 0.2) is 0 Å². The van der Waals surface area contributed by atoms with Gasteiger partial charge >= 0.3 is 57.4 Å². The molecule has 0 bridgehead atoms. The van der Waals surface area contributed by atoms with Crippen LogP contribution in [0.5, 0.6) is 0 Å². The van der Waals surface area contributed by atoms with Crippen LogP contribution in [0.4, 0.5) is 4.79 Å². The molecule has 4 heteroatoms. The minimum absolute atomic E-state index is 0. The number of rotatable bonds is 0. The number of carbonyl (C=O) groups excluding carboxylic acids is 1. The first kappa shape index (κ1) is 10.9. The Balaban J connectivity index is 0.000000810. The van der Waals surface area contributed by atoms with E-state index >= 15 is 0 Å². The van der Waals surface area contributed by atoms with Gasteiger partial charge in [0.1, 0.15) is 0 Å². The van der Waals surface area contributed by atoms with Crippen LogP contribution in [0.25, 0.3) is 0 Å². The molecule has 0 aliphatic carbocycles. The number of urea groups is 1. The van der Waals surface area contributed by atoms with Crippen LogP contribution >= 0.6 is 0 Å². The van der Waals surface area contributed by atoms with Gasteiger partial charge in [-0.25, -0.2) is 4.79 Å². The maximum absolute atomic E-state index is 10.5. The molecule has 0 aromatic carbocycles. The summed E-state index contributed by atoms with van der Waals surface area (Å²) in [7, 11) is 0. The van der Waals surface area contributed by atoms with Gasteiger partial charge in [-0.15, -0.1) is 0 Å². The van der Waals surface area contributed by atoms with Crippen molar-refractivity contribution in [3.63, 3.8) is 0 Å². The van der Waals surface area contributed by atoms with Crippen LogP contribution in [-0.4, -0.2) is 75.4 Å². The van der Waals surface area contributed by atoms with Crippen LogP contribution in [0.1, 0.15) is 19.3 Å². The molecule has 54 valence electrons. The first-order valence-corrected chi connectivity index (χ1v) is 3.35. The van der Waals surface area contributed by atoms with Crippen molar-refractivity contribution >= 4 is 57.4 Å². The van der Waals surface area contributed by atoms with E-state index in [-0.39, 0.29) is 57.4 Å². The predicted octanol–water partition coefficient (Wildman–Crippen LogP) is -0.0975. The molecule has 0 saturated carbocycles. The summed E-state index contributed by atoms with van der Waals surface area (Å²) < 4.78 is 0. The summed E-state index contributed by atoms with van der Waals surface area (Å²) in [6, 6.07) is -0.269.